The second-order valence-electron chi connectivity index (χ2n) is 8.99. The van der Waals surface area contributed by atoms with Crippen LogP contribution in [0.2, 0.25) is 0 Å². The second-order valence-corrected chi connectivity index (χ2v) is 8.99. The normalized spacial score (nSPS) is 13.1. The van der Waals surface area contributed by atoms with E-state index in [0.717, 1.165) is 11.1 Å². The molecule has 0 bridgehead atoms. The molecule has 4 nitrogen and oxygen atoms in total. The summed E-state index contributed by atoms with van der Waals surface area (Å²) < 4.78 is 22.7. The predicted molar refractivity (Wildman–Crippen MR) is 139 cm³/mol. The molecule has 0 fully saturated rings. The van der Waals surface area contributed by atoms with Gasteiger partial charge in [-0.25, -0.2) is 0 Å². The Kier molecular flexibility index (Phi) is 5.68. The molecule has 5 rings (SSSR count). The maximum Gasteiger partial charge on any atom is 0.161 e. The van der Waals surface area contributed by atoms with Gasteiger partial charge in [0.1, 0.15) is 0 Å². The third kappa shape index (κ3) is 3.35. The molecule has 0 saturated carbocycles. The van der Waals surface area contributed by atoms with Gasteiger partial charge in [-0.05, 0) is 71.5 Å². The minimum atomic E-state index is -0.582. The van der Waals surface area contributed by atoms with Crippen molar-refractivity contribution in [2.24, 2.45) is 0 Å². The van der Waals surface area contributed by atoms with E-state index in [2.05, 4.69) is 74.5 Å². The molecule has 0 spiro atoms. The van der Waals surface area contributed by atoms with Crippen molar-refractivity contribution in [2.45, 2.75) is 19.3 Å². The Morgan fingerprint density at radius 2 is 0.857 bits per heavy atom. The van der Waals surface area contributed by atoms with Gasteiger partial charge in [0.25, 0.3) is 0 Å². The topological polar surface area (TPSA) is 36.9 Å². The molecule has 0 unspecified atom stereocenters. The molecule has 35 heavy (non-hydrogen) atoms. The fourth-order valence-corrected chi connectivity index (χ4v) is 5.48. The van der Waals surface area contributed by atoms with Gasteiger partial charge in [0.15, 0.2) is 23.0 Å². The summed E-state index contributed by atoms with van der Waals surface area (Å²) in [6.45, 7) is 4.28. The van der Waals surface area contributed by atoms with E-state index in [1.54, 1.807) is 28.4 Å². The van der Waals surface area contributed by atoms with Gasteiger partial charge >= 0.3 is 0 Å². The third-order valence-electron chi connectivity index (χ3n) is 7.08. The highest BCUT2D eigenvalue weighted by Gasteiger charge is 2.47. The first-order valence-corrected chi connectivity index (χ1v) is 11.7. The van der Waals surface area contributed by atoms with Crippen molar-refractivity contribution in [3.05, 3.63) is 106 Å². The van der Waals surface area contributed by atoms with Crippen molar-refractivity contribution in [1.29, 1.82) is 0 Å². The standard InChI is InChI=1S/C31H30O4/c1-19-7-11-23-24-12-8-20(2)16-26(24)31(25(23)15-19,21-9-13-27(32-3)29(17-21)34-5)22-10-14-28(33-4)30(18-22)35-6/h7-18H,1-6H3. The zero-order chi connectivity index (χ0) is 24.7. The maximum atomic E-state index is 5.75. The van der Waals surface area contributed by atoms with Crippen LogP contribution in [0, 0.1) is 13.8 Å². The van der Waals surface area contributed by atoms with Crippen LogP contribution < -0.4 is 18.9 Å². The van der Waals surface area contributed by atoms with Crippen LogP contribution >= 0.6 is 0 Å². The zero-order valence-electron chi connectivity index (χ0n) is 21.1. The molecule has 4 aromatic carbocycles. The summed E-state index contributed by atoms with van der Waals surface area (Å²) in [4.78, 5) is 0. The van der Waals surface area contributed by atoms with Crippen molar-refractivity contribution in [3.8, 4) is 34.1 Å². The molecule has 0 atom stereocenters. The Morgan fingerprint density at radius 3 is 1.23 bits per heavy atom. The van der Waals surface area contributed by atoms with Crippen LogP contribution in [0.4, 0.5) is 0 Å². The summed E-state index contributed by atoms with van der Waals surface area (Å²) in [6, 6.07) is 25.9. The fourth-order valence-electron chi connectivity index (χ4n) is 5.48. The molecule has 0 aliphatic heterocycles. The zero-order valence-corrected chi connectivity index (χ0v) is 21.1. The Labute approximate surface area is 207 Å². The number of aryl methyl sites for hydroxylation is 2. The molecule has 4 aromatic rings. The van der Waals surface area contributed by atoms with Crippen LogP contribution in [0.25, 0.3) is 11.1 Å². The number of ether oxygens (including phenoxy) is 4. The van der Waals surface area contributed by atoms with Gasteiger partial charge in [0.05, 0.1) is 33.9 Å². The molecule has 0 radical (unpaired) electrons. The van der Waals surface area contributed by atoms with E-state index in [-0.39, 0.29) is 0 Å². The second kappa shape index (κ2) is 8.70. The quantitative estimate of drug-likeness (QED) is 0.279. The van der Waals surface area contributed by atoms with Gasteiger partial charge in [0, 0.05) is 0 Å². The minimum Gasteiger partial charge on any atom is -0.493 e. The van der Waals surface area contributed by atoms with Gasteiger partial charge in [-0.3, -0.25) is 0 Å². The van der Waals surface area contributed by atoms with E-state index in [1.807, 2.05) is 12.1 Å². The number of fused-ring (bicyclic) bond motifs is 3. The number of hydrogen-bond acceptors (Lipinski definition) is 4. The summed E-state index contributed by atoms with van der Waals surface area (Å²) in [5, 5.41) is 0. The molecule has 0 aromatic heterocycles. The van der Waals surface area contributed by atoms with E-state index in [0.29, 0.717) is 23.0 Å². The van der Waals surface area contributed by atoms with Crippen LogP contribution in [0.5, 0.6) is 23.0 Å². The fraction of sp³-hybridized carbons (Fsp3) is 0.226. The number of hydrogen-bond donors (Lipinski definition) is 0. The predicted octanol–water partition coefficient (Wildman–Crippen LogP) is 6.70. The lowest BCUT2D eigenvalue weighted by atomic mass is 9.67. The monoisotopic (exact) mass is 466 g/mol. The molecule has 4 heteroatoms. The van der Waals surface area contributed by atoms with Crippen LogP contribution in [-0.4, -0.2) is 28.4 Å². The van der Waals surface area contributed by atoms with Crippen LogP contribution in [0.3, 0.4) is 0 Å². The van der Waals surface area contributed by atoms with Crippen molar-refractivity contribution >= 4 is 0 Å². The number of benzene rings is 4. The van der Waals surface area contributed by atoms with Crippen molar-refractivity contribution in [2.75, 3.05) is 28.4 Å². The van der Waals surface area contributed by atoms with E-state index >= 15 is 0 Å². The number of rotatable bonds is 6. The van der Waals surface area contributed by atoms with E-state index in [9.17, 15) is 0 Å². The summed E-state index contributed by atoms with van der Waals surface area (Å²) in [6.07, 6.45) is 0. The van der Waals surface area contributed by atoms with Crippen molar-refractivity contribution < 1.29 is 18.9 Å². The highest BCUT2D eigenvalue weighted by molar-refractivity contribution is 5.87. The molecule has 1 aliphatic rings. The van der Waals surface area contributed by atoms with Crippen LogP contribution in [-0.2, 0) is 5.41 Å². The molecule has 1 aliphatic carbocycles. The van der Waals surface area contributed by atoms with Gasteiger partial charge < -0.3 is 18.9 Å². The van der Waals surface area contributed by atoms with Crippen LogP contribution in [0.15, 0.2) is 72.8 Å². The Morgan fingerprint density at radius 1 is 0.457 bits per heavy atom. The van der Waals surface area contributed by atoms with Gasteiger partial charge in [0.2, 0.25) is 0 Å². The highest BCUT2D eigenvalue weighted by Crippen LogP contribution is 2.58. The highest BCUT2D eigenvalue weighted by atomic mass is 16.5. The smallest absolute Gasteiger partial charge is 0.161 e. The molecule has 0 amide bonds. The Bertz CT molecular complexity index is 1310. The molecule has 178 valence electrons. The van der Waals surface area contributed by atoms with Gasteiger partial charge in [-0.1, -0.05) is 59.7 Å². The van der Waals surface area contributed by atoms with Crippen LogP contribution in [0.1, 0.15) is 33.4 Å². The summed E-state index contributed by atoms with van der Waals surface area (Å²) in [5.41, 5.74) is 8.96. The molecule has 0 saturated heterocycles. The molecular weight excluding hydrogens is 436 g/mol. The molecular formula is C31H30O4. The lowest BCUT2D eigenvalue weighted by molar-refractivity contribution is 0.353. The van der Waals surface area contributed by atoms with Gasteiger partial charge in [-0.2, -0.15) is 0 Å². The average Bonchev–Trinajstić information content (AvgIpc) is 3.16. The maximum absolute atomic E-state index is 5.75. The lowest BCUT2D eigenvalue weighted by Crippen LogP contribution is -2.29. The third-order valence-corrected chi connectivity index (χ3v) is 7.08. The van der Waals surface area contributed by atoms with E-state index < -0.39 is 5.41 Å². The molecule has 0 N–H and O–H groups in total. The summed E-state index contributed by atoms with van der Waals surface area (Å²) in [7, 11) is 6.67. The first-order chi connectivity index (χ1) is 17.0. The van der Waals surface area contributed by atoms with E-state index in [4.69, 9.17) is 18.9 Å². The largest absolute Gasteiger partial charge is 0.493 e. The SMILES string of the molecule is COc1ccc(C2(c3ccc(OC)c(OC)c3)c3cc(C)ccc3-c3ccc(C)cc32)cc1OC. The lowest BCUT2D eigenvalue weighted by Gasteiger charge is -2.35. The van der Waals surface area contributed by atoms with Crippen molar-refractivity contribution in [1.82, 2.24) is 0 Å². The average molecular weight is 467 g/mol. The Hall–Kier alpha value is -3.92. The Balaban J connectivity index is 1.96. The van der Waals surface area contributed by atoms with Crippen molar-refractivity contribution in [3.63, 3.8) is 0 Å². The first kappa shape index (κ1) is 22.9. The first-order valence-electron chi connectivity index (χ1n) is 11.7. The summed E-state index contributed by atoms with van der Waals surface area (Å²) in [5.74, 6) is 2.79. The molecule has 0 heterocycles. The van der Waals surface area contributed by atoms with Gasteiger partial charge in [-0.15, -0.1) is 0 Å². The summed E-state index contributed by atoms with van der Waals surface area (Å²) >= 11 is 0. The number of methoxy groups -OCH3 is 4. The minimum absolute atomic E-state index is 0.582. The van der Waals surface area contributed by atoms with E-state index in [1.165, 1.54) is 33.4 Å².